The molecule has 2 aliphatic rings. The topological polar surface area (TPSA) is 72.2 Å². The molecule has 4 nitrogen and oxygen atoms in total. The standard InChI is InChI=1S/C18H19ClN2O2S/c19-16-7-2-1-4-14(16)18-13-6-3-5-12(13)15-10-11(24(20,22)23)8-9-17(15)21-18/h1-2,4,7-10,12-13,18,21H,3,5-6H2,(H2,20,22,23)/t12-,13+,18-/m0/s1. The lowest BCUT2D eigenvalue weighted by molar-refractivity contribution is 0.405. The zero-order valence-corrected chi connectivity index (χ0v) is 14.6. The van der Waals surface area contributed by atoms with Crippen LogP contribution in [0.1, 0.15) is 42.3 Å². The predicted molar refractivity (Wildman–Crippen MR) is 95.7 cm³/mol. The van der Waals surface area contributed by atoms with Gasteiger partial charge in [-0.15, -0.1) is 0 Å². The molecule has 1 heterocycles. The second-order valence-electron chi connectivity index (χ2n) is 6.64. The number of nitrogens with two attached hydrogens (primary N) is 1. The van der Waals surface area contributed by atoms with Crippen molar-refractivity contribution >= 4 is 27.3 Å². The van der Waals surface area contributed by atoms with Gasteiger partial charge < -0.3 is 5.32 Å². The van der Waals surface area contributed by atoms with Crippen molar-refractivity contribution in [1.29, 1.82) is 0 Å². The highest BCUT2D eigenvalue weighted by atomic mass is 35.5. The average Bonchev–Trinajstić information content (AvgIpc) is 3.03. The maximum Gasteiger partial charge on any atom is 0.238 e. The van der Waals surface area contributed by atoms with Crippen molar-refractivity contribution in [1.82, 2.24) is 0 Å². The lowest BCUT2D eigenvalue weighted by Crippen LogP contribution is -2.29. The number of sulfonamides is 1. The van der Waals surface area contributed by atoms with E-state index in [1.165, 1.54) is 0 Å². The Morgan fingerprint density at radius 1 is 1.08 bits per heavy atom. The van der Waals surface area contributed by atoms with Crippen LogP contribution >= 0.6 is 11.6 Å². The van der Waals surface area contributed by atoms with Gasteiger partial charge in [-0.05, 0) is 60.1 Å². The van der Waals surface area contributed by atoms with E-state index in [0.717, 1.165) is 41.1 Å². The van der Waals surface area contributed by atoms with Crippen molar-refractivity contribution in [2.45, 2.75) is 36.1 Å². The van der Waals surface area contributed by atoms with E-state index in [4.69, 9.17) is 16.7 Å². The number of fused-ring (bicyclic) bond motifs is 3. The molecule has 6 heteroatoms. The van der Waals surface area contributed by atoms with Crippen LogP contribution in [-0.4, -0.2) is 8.42 Å². The number of hydrogen-bond acceptors (Lipinski definition) is 3. The third kappa shape index (κ3) is 2.61. The Morgan fingerprint density at radius 2 is 1.88 bits per heavy atom. The minimum Gasteiger partial charge on any atom is -0.378 e. The smallest absolute Gasteiger partial charge is 0.238 e. The summed E-state index contributed by atoms with van der Waals surface area (Å²) in [5.41, 5.74) is 3.15. The molecule has 126 valence electrons. The molecule has 3 atom stereocenters. The second-order valence-corrected chi connectivity index (χ2v) is 8.61. The predicted octanol–water partition coefficient (Wildman–Crippen LogP) is 4.04. The van der Waals surface area contributed by atoms with Gasteiger partial charge >= 0.3 is 0 Å². The molecule has 4 rings (SSSR count). The molecule has 0 saturated heterocycles. The number of rotatable bonds is 2. The van der Waals surface area contributed by atoms with Gasteiger partial charge in [-0.3, -0.25) is 0 Å². The molecule has 2 aromatic rings. The Morgan fingerprint density at radius 3 is 2.62 bits per heavy atom. The zero-order valence-electron chi connectivity index (χ0n) is 13.1. The summed E-state index contributed by atoms with van der Waals surface area (Å²) in [6.45, 7) is 0. The quantitative estimate of drug-likeness (QED) is 0.846. The van der Waals surface area contributed by atoms with Gasteiger partial charge in [-0.1, -0.05) is 36.2 Å². The van der Waals surface area contributed by atoms with Crippen molar-refractivity contribution in [3.05, 3.63) is 58.6 Å². The highest BCUT2D eigenvalue weighted by Crippen LogP contribution is 2.53. The molecular weight excluding hydrogens is 344 g/mol. The molecule has 2 aromatic carbocycles. The molecule has 1 aliphatic heterocycles. The highest BCUT2D eigenvalue weighted by molar-refractivity contribution is 7.89. The fourth-order valence-corrected chi connectivity index (χ4v) is 5.04. The molecule has 0 radical (unpaired) electrons. The minimum atomic E-state index is -3.69. The second kappa shape index (κ2) is 5.76. The van der Waals surface area contributed by atoms with E-state index in [1.54, 1.807) is 12.1 Å². The number of anilines is 1. The number of hydrogen-bond donors (Lipinski definition) is 2. The Hall–Kier alpha value is -1.56. The molecular formula is C18H19ClN2O2S. The Kier molecular flexibility index (Phi) is 3.82. The van der Waals surface area contributed by atoms with Gasteiger partial charge in [0, 0.05) is 10.7 Å². The lowest BCUT2D eigenvalue weighted by Gasteiger charge is -2.38. The van der Waals surface area contributed by atoms with Gasteiger partial charge in [-0.2, -0.15) is 0 Å². The summed E-state index contributed by atoms with van der Waals surface area (Å²) in [6, 6.07) is 13.2. The Labute approximate surface area is 147 Å². The first kappa shape index (κ1) is 15.9. The van der Waals surface area contributed by atoms with Gasteiger partial charge in [0.2, 0.25) is 10.0 Å². The molecule has 3 N–H and O–H groups in total. The van der Waals surface area contributed by atoms with E-state index in [2.05, 4.69) is 11.4 Å². The monoisotopic (exact) mass is 362 g/mol. The van der Waals surface area contributed by atoms with E-state index in [9.17, 15) is 8.42 Å². The van der Waals surface area contributed by atoms with Crippen LogP contribution in [0.4, 0.5) is 5.69 Å². The van der Waals surface area contributed by atoms with Crippen LogP contribution in [0.3, 0.4) is 0 Å². The first-order valence-corrected chi connectivity index (χ1v) is 10.1. The van der Waals surface area contributed by atoms with Crippen LogP contribution < -0.4 is 10.5 Å². The van der Waals surface area contributed by atoms with Crippen LogP contribution in [-0.2, 0) is 10.0 Å². The Bertz CT molecular complexity index is 898. The summed E-state index contributed by atoms with van der Waals surface area (Å²) in [5, 5.41) is 9.65. The number of nitrogens with one attached hydrogen (secondary N) is 1. The average molecular weight is 363 g/mol. The minimum absolute atomic E-state index is 0.152. The van der Waals surface area contributed by atoms with Crippen molar-refractivity contribution in [3.63, 3.8) is 0 Å². The van der Waals surface area contributed by atoms with Crippen molar-refractivity contribution in [3.8, 4) is 0 Å². The number of benzene rings is 2. The SMILES string of the molecule is NS(=O)(=O)c1ccc2c(c1)[C@H]1CCC[C@H]1[C@@H](c1ccccc1Cl)N2. The molecule has 24 heavy (non-hydrogen) atoms. The van der Waals surface area contributed by atoms with Crippen LogP contribution in [0, 0.1) is 5.92 Å². The number of halogens is 1. The number of primary sulfonamides is 1. The fraction of sp³-hybridized carbons (Fsp3) is 0.333. The van der Waals surface area contributed by atoms with Crippen LogP contribution in [0.2, 0.25) is 5.02 Å². The van der Waals surface area contributed by atoms with E-state index in [-0.39, 0.29) is 10.9 Å². The molecule has 0 aromatic heterocycles. The van der Waals surface area contributed by atoms with Gasteiger partial charge in [0.15, 0.2) is 0 Å². The summed E-state index contributed by atoms with van der Waals surface area (Å²) in [7, 11) is -3.69. The molecule has 0 amide bonds. The van der Waals surface area contributed by atoms with E-state index in [0.29, 0.717) is 11.8 Å². The van der Waals surface area contributed by atoms with Crippen LogP contribution in [0.25, 0.3) is 0 Å². The maximum atomic E-state index is 11.7. The van der Waals surface area contributed by atoms with Gasteiger partial charge in [0.05, 0.1) is 10.9 Å². The third-order valence-corrected chi connectivity index (χ3v) is 6.56. The third-order valence-electron chi connectivity index (χ3n) is 5.30. The first-order valence-electron chi connectivity index (χ1n) is 8.13. The molecule has 1 aliphatic carbocycles. The van der Waals surface area contributed by atoms with Crippen molar-refractivity contribution in [2.75, 3.05) is 5.32 Å². The zero-order chi connectivity index (χ0) is 16.9. The normalized spacial score (nSPS) is 25.7. The molecule has 0 spiro atoms. The van der Waals surface area contributed by atoms with Gasteiger partial charge in [0.1, 0.15) is 0 Å². The fourth-order valence-electron chi connectivity index (χ4n) is 4.24. The van der Waals surface area contributed by atoms with Crippen LogP contribution in [0.5, 0.6) is 0 Å². The summed E-state index contributed by atoms with van der Waals surface area (Å²) < 4.78 is 23.4. The molecule has 1 saturated carbocycles. The summed E-state index contributed by atoms with van der Waals surface area (Å²) in [4.78, 5) is 0.185. The first-order chi connectivity index (χ1) is 11.4. The van der Waals surface area contributed by atoms with E-state index in [1.807, 2.05) is 24.3 Å². The van der Waals surface area contributed by atoms with Crippen molar-refractivity contribution in [2.24, 2.45) is 11.1 Å². The van der Waals surface area contributed by atoms with Crippen LogP contribution in [0.15, 0.2) is 47.4 Å². The maximum absolute atomic E-state index is 11.7. The van der Waals surface area contributed by atoms with Gasteiger partial charge in [0.25, 0.3) is 0 Å². The van der Waals surface area contributed by atoms with E-state index >= 15 is 0 Å². The summed E-state index contributed by atoms with van der Waals surface area (Å²) >= 11 is 6.42. The van der Waals surface area contributed by atoms with E-state index < -0.39 is 10.0 Å². The van der Waals surface area contributed by atoms with Crippen molar-refractivity contribution < 1.29 is 8.42 Å². The molecule has 0 unspecified atom stereocenters. The summed E-state index contributed by atoms with van der Waals surface area (Å²) in [5.74, 6) is 0.748. The highest BCUT2D eigenvalue weighted by Gasteiger charge is 2.41. The Balaban J connectivity index is 1.81. The molecule has 1 fully saturated rings. The molecule has 0 bridgehead atoms. The lowest BCUT2D eigenvalue weighted by atomic mass is 9.77. The summed E-state index contributed by atoms with van der Waals surface area (Å²) in [6.07, 6.45) is 3.30. The largest absolute Gasteiger partial charge is 0.378 e. The van der Waals surface area contributed by atoms with Gasteiger partial charge in [-0.25, -0.2) is 13.6 Å².